The Labute approximate surface area is 249 Å². The highest BCUT2D eigenvalue weighted by atomic mass is 16.5. The lowest BCUT2D eigenvalue weighted by molar-refractivity contribution is 0.0944. The van der Waals surface area contributed by atoms with Gasteiger partial charge in [0.05, 0.1) is 12.8 Å². The van der Waals surface area contributed by atoms with Gasteiger partial charge in [-0.3, -0.25) is 4.79 Å². The van der Waals surface area contributed by atoms with E-state index in [1.54, 1.807) is 31.5 Å². The third kappa shape index (κ3) is 6.83. The van der Waals surface area contributed by atoms with Gasteiger partial charge < -0.3 is 24.2 Å². The lowest BCUT2D eigenvalue weighted by Gasteiger charge is -2.33. The molecule has 4 heterocycles. The minimum absolute atomic E-state index is 0.166. The second kappa shape index (κ2) is 12.8. The van der Waals surface area contributed by atoms with E-state index < -0.39 is 0 Å². The van der Waals surface area contributed by atoms with Gasteiger partial charge in [-0.05, 0) is 62.1 Å². The van der Waals surface area contributed by atoms with E-state index >= 15 is 0 Å². The van der Waals surface area contributed by atoms with E-state index in [-0.39, 0.29) is 12.5 Å². The number of nitrogens with one attached hydrogen (secondary N) is 1. The first-order chi connectivity index (χ1) is 21.0. The Morgan fingerprint density at radius 1 is 1.05 bits per heavy atom. The molecule has 1 amide bonds. The number of ether oxygens (including phenoxy) is 2. The van der Waals surface area contributed by atoms with Crippen molar-refractivity contribution in [2.75, 3.05) is 31.6 Å². The Morgan fingerprint density at radius 2 is 1.91 bits per heavy atom. The van der Waals surface area contributed by atoms with Crippen LogP contribution in [0.3, 0.4) is 0 Å². The van der Waals surface area contributed by atoms with E-state index in [9.17, 15) is 4.79 Å². The second-order valence-electron chi connectivity index (χ2n) is 10.5. The van der Waals surface area contributed by atoms with E-state index in [2.05, 4.69) is 25.5 Å². The molecule has 2 aromatic carbocycles. The molecule has 11 heteroatoms. The van der Waals surface area contributed by atoms with Crippen molar-refractivity contribution in [1.82, 2.24) is 30.2 Å². The number of carbonyl (C=O) groups is 1. The van der Waals surface area contributed by atoms with Crippen LogP contribution in [-0.2, 0) is 6.61 Å². The number of piperidine rings is 1. The number of benzene rings is 2. The molecule has 0 spiro atoms. The van der Waals surface area contributed by atoms with Crippen molar-refractivity contribution in [3.63, 3.8) is 0 Å². The molecule has 43 heavy (non-hydrogen) atoms. The van der Waals surface area contributed by atoms with Crippen molar-refractivity contribution >= 4 is 11.7 Å². The summed E-state index contributed by atoms with van der Waals surface area (Å²) in [6.45, 7) is 4.35. The number of hydrogen-bond donors (Lipinski definition) is 1. The summed E-state index contributed by atoms with van der Waals surface area (Å²) in [4.78, 5) is 24.7. The number of methoxy groups -OCH3 is 1. The normalized spacial score (nSPS) is 13.6. The molecule has 0 atom stereocenters. The summed E-state index contributed by atoms with van der Waals surface area (Å²) in [6.07, 6.45) is 7.36. The molecule has 1 fully saturated rings. The lowest BCUT2D eigenvalue weighted by atomic mass is 9.96. The smallest absolute Gasteiger partial charge is 0.251 e. The fourth-order valence-electron chi connectivity index (χ4n) is 5.13. The molecule has 6 rings (SSSR count). The van der Waals surface area contributed by atoms with Crippen LogP contribution in [0.15, 0.2) is 83.8 Å². The number of aromatic nitrogens is 5. The van der Waals surface area contributed by atoms with E-state index in [0.717, 1.165) is 43.0 Å². The van der Waals surface area contributed by atoms with E-state index in [4.69, 9.17) is 19.0 Å². The first-order valence-electron chi connectivity index (χ1n) is 14.2. The molecule has 1 saturated heterocycles. The molecular weight excluding hydrogens is 546 g/mol. The topological polar surface area (TPSA) is 120 Å². The zero-order valence-corrected chi connectivity index (χ0v) is 24.1. The molecule has 0 saturated carbocycles. The summed E-state index contributed by atoms with van der Waals surface area (Å²) in [5.41, 5.74) is 3.05. The summed E-state index contributed by atoms with van der Waals surface area (Å²) < 4.78 is 18.1. The number of aryl methyl sites for hydroxylation is 1. The van der Waals surface area contributed by atoms with Gasteiger partial charge in [-0.1, -0.05) is 17.3 Å². The fourth-order valence-corrected chi connectivity index (χ4v) is 5.13. The molecule has 220 valence electrons. The fraction of sp³-hybridized carbons (Fsp3) is 0.281. The molecule has 0 bridgehead atoms. The molecule has 0 radical (unpaired) electrons. The minimum atomic E-state index is -0.166. The highest BCUT2D eigenvalue weighted by Crippen LogP contribution is 2.26. The Bertz CT molecular complexity index is 1680. The monoisotopic (exact) mass is 579 g/mol. The lowest BCUT2D eigenvalue weighted by Crippen LogP contribution is -2.39. The summed E-state index contributed by atoms with van der Waals surface area (Å²) in [5, 5.41) is 11.4. The molecule has 5 aromatic rings. The van der Waals surface area contributed by atoms with Gasteiger partial charge in [0.1, 0.15) is 35.4 Å². The predicted octanol–water partition coefficient (Wildman–Crippen LogP) is 4.86. The van der Waals surface area contributed by atoms with Crippen LogP contribution in [0, 0.1) is 12.8 Å². The van der Waals surface area contributed by atoms with Crippen LogP contribution in [0.25, 0.3) is 17.1 Å². The average Bonchev–Trinajstić information content (AvgIpc) is 3.75. The first kappa shape index (κ1) is 28.0. The van der Waals surface area contributed by atoms with E-state index in [1.165, 1.54) is 0 Å². The first-order valence-corrected chi connectivity index (χ1v) is 14.2. The van der Waals surface area contributed by atoms with Gasteiger partial charge in [-0.25, -0.2) is 14.6 Å². The van der Waals surface area contributed by atoms with Crippen LogP contribution >= 0.6 is 0 Å². The largest absolute Gasteiger partial charge is 0.497 e. The standard InChI is InChI=1S/C32H33N7O4/c1-22-15-26(37-43-22)21-42-29-18-25(17-28(19-29)41-2)32(40)34-20-23-8-13-38(14-9-23)30-7-11-33-31(36-30)24-5-3-6-27(16-24)39-12-4-10-35-39/h3-7,10-12,15-19,23H,8-9,13-14,20-21H2,1-2H3,(H,34,40). The Kier molecular flexibility index (Phi) is 8.30. The number of nitrogens with zero attached hydrogens (tertiary/aromatic N) is 6. The van der Waals surface area contributed by atoms with Crippen molar-refractivity contribution in [3.05, 3.63) is 96.3 Å². The average molecular weight is 580 g/mol. The maximum Gasteiger partial charge on any atom is 0.251 e. The molecular formula is C32H33N7O4. The summed E-state index contributed by atoms with van der Waals surface area (Å²) in [6, 6.07) is 18.9. The maximum absolute atomic E-state index is 13.1. The Morgan fingerprint density at radius 3 is 2.67 bits per heavy atom. The molecule has 3 aromatic heterocycles. The quantitative estimate of drug-likeness (QED) is 0.247. The molecule has 1 N–H and O–H groups in total. The molecule has 0 unspecified atom stereocenters. The molecule has 1 aliphatic heterocycles. The number of rotatable bonds is 10. The summed E-state index contributed by atoms with van der Waals surface area (Å²) in [5.74, 6) is 3.57. The highest BCUT2D eigenvalue weighted by Gasteiger charge is 2.22. The van der Waals surface area contributed by atoms with Crippen LogP contribution in [-0.4, -0.2) is 57.6 Å². The van der Waals surface area contributed by atoms with Crippen LogP contribution in [0.2, 0.25) is 0 Å². The Balaban J connectivity index is 1.03. The van der Waals surface area contributed by atoms with Crippen LogP contribution in [0.5, 0.6) is 11.5 Å². The van der Waals surface area contributed by atoms with Crippen LogP contribution in [0.1, 0.15) is 34.7 Å². The highest BCUT2D eigenvalue weighted by molar-refractivity contribution is 5.95. The van der Waals surface area contributed by atoms with Crippen LogP contribution in [0.4, 0.5) is 5.82 Å². The molecule has 1 aliphatic rings. The maximum atomic E-state index is 13.1. The summed E-state index contributed by atoms with van der Waals surface area (Å²) >= 11 is 0. The number of carbonyl (C=O) groups excluding carboxylic acids is 1. The number of anilines is 1. The summed E-state index contributed by atoms with van der Waals surface area (Å²) in [7, 11) is 1.56. The van der Waals surface area contributed by atoms with Crippen molar-refractivity contribution in [2.24, 2.45) is 5.92 Å². The van der Waals surface area contributed by atoms with Gasteiger partial charge in [-0.15, -0.1) is 0 Å². The SMILES string of the molecule is COc1cc(OCc2cc(C)on2)cc(C(=O)NCC2CCN(c3ccnc(-c4cccc(-n5cccn5)c4)n3)CC2)c1. The van der Waals surface area contributed by atoms with Crippen molar-refractivity contribution < 1.29 is 18.8 Å². The van der Waals surface area contributed by atoms with Gasteiger partial charge in [0.25, 0.3) is 5.91 Å². The molecule has 11 nitrogen and oxygen atoms in total. The van der Waals surface area contributed by atoms with Crippen molar-refractivity contribution in [1.29, 1.82) is 0 Å². The predicted molar refractivity (Wildman–Crippen MR) is 160 cm³/mol. The van der Waals surface area contributed by atoms with E-state index in [1.807, 2.05) is 66.5 Å². The van der Waals surface area contributed by atoms with Crippen molar-refractivity contribution in [2.45, 2.75) is 26.4 Å². The van der Waals surface area contributed by atoms with E-state index in [0.29, 0.717) is 46.8 Å². The number of amides is 1. The Hall–Kier alpha value is -5.19. The zero-order valence-electron chi connectivity index (χ0n) is 24.1. The van der Waals surface area contributed by atoms with Gasteiger partial charge in [-0.2, -0.15) is 5.10 Å². The van der Waals surface area contributed by atoms with Crippen LogP contribution < -0.4 is 19.7 Å². The van der Waals surface area contributed by atoms with Gasteiger partial charge in [0.2, 0.25) is 0 Å². The minimum Gasteiger partial charge on any atom is -0.497 e. The third-order valence-corrected chi connectivity index (χ3v) is 7.45. The molecule has 0 aliphatic carbocycles. The third-order valence-electron chi connectivity index (χ3n) is 7.45. The van der Waals surface area contributed by atoms with Crippen molar-refractivity contribution in [3.8, 4) is 28.6 Å². The number of hydrogen-bond acceptors (Lipinski definition) is 9. The van der Waals surface area contributed by atoms with Gasteiger partial charge in [0.15, 0.2) is 5.82 Å². The van der Waals surface area contributed by atoms with Gasteiger partial charge >= 0.3 is 0 Å². The zero-order chi connectivity index (χ0) is 29.6. The second-order valence-corrected chi connectivity index (χ2v) is 10.5. The van der Waals surface area contributed by atoms with Gasteiger partial charge in [0, 0.05) is 61.5 Å².